The van der Waals surface area contributed by atoms with Crippen LogP contribution in [0.4, 0.5) is 0 Å². The van der Waals surface area contributed by atoms with Gasteiger partial charge in [0, 0.05) is 0 Å². The number of ether oxygens (including phenoxy) is 1. The minimum absolute atomic E-state index is 0.168. The van der Waals surface area contributed by atoms with Crippen molar-refractivity contribution in [2.24, 2.45) is 11.3 Å². The highest BCUT2D eigenvalue weighted by Gasteiger charge is 2.22. The minimum Gasteiger partial charge on any atom is -0.376 e. The molecule has 0 aromatic heterocycles. The first-order valence-corrected chi connectivity index (χ1v) is 6.03. The second kappa shape index (κ2) is 5.84. The van der Waals surface area contributed by atoms with Gasteiger partial charge in [0.15, 0.2) is 0 Å². The Morgan fingerprint density at radius 1 is 1.29 bits per heavy atom. The maximum absolute atomic E-state index is 8.96. The highest BCUT2D eigenvalue weighted by molar-refractivity contribution is 5.36. The largest absolute Gasteiger partial charge is 0.376 e. The maximum atomic E-state index is 8.96. The molecule has 0 aliphatic rings. The lowest BCUT2D eigenvalue weighted by molar-refractivity contribution is 0.0279. The van der Waals surface area contributed by atoms with Crippen molar-refractivity contribution in [1.29, 1.82) is 5.26 Å². The van der Waals surface area contributed by atoms with Crippen LogP contribution in [0.15, 0.2) is 24.3 Å². The predicted molar refractivity (Wildman–Crippen MR) is 69.4 cm³/mol. The molecule has 17 heavy (non-hydrogen) atoms. The standard InChI is InChI=1S/C15H21NO/c1-12(2)15(3,4)11-17-10-14-8-6-5-7-13(14)9-16/h5-8,12H,10-11H2,1-4H3. The van der Waals surface area contributed by atoms with Crippen LogP contribution in [-0.4, -0.2) is 6.61 Å². The summed E-state index contributed by atoms with van der Waals surface area (Å²) in [6.45, 7) is 10.0. The van der Waals surface area contributed by atoms with E-state index in [1.807, 2.05) is 24.3 Å². The fraction of sp³-hybridized carbons (Fsp3) is 0.533. The van der Waals surface area contributed by atoms with E-state index in [9.17, 15) is 0 Å². The number of hydrogen-bond donors (Lipinski definition) is 0. The van der Waals surface area contributed by atoms with Crippen LogP contribution >= 0.6 is 0 Å². The molecule has 0 heterocycles. The van der Waals surface area contributed by atoms with E-state index >= 15 is 0 Å². The first-order chi connectivity index (χ1) is 7.97. The molecule has 0 N–H and O–H groups in total. The first kappa shape index (κ1) is 13.7. The normalized spacial score (nSPS) is 11.5. The quantitative estimate of drug-likeness (QED) is 0.773. The number of hydrogen-bond acceptors (Lipinski definition) is 2. The summed E-state index contributed by atoms with van der Waals surface area (Å²) in [5.74, 6) is 0.578. The molecule has 0 radical (unpaired) electrons. The highest BCUT2D eigenvalue weighted by atomic mass is 16.5. The average molecular weight is 231 g/mol. The second-order valence-corrected chi connectivity index (χ2v) is 5.41. The fourth-order valence-corrected chi connectivity index (χ4v) is 1.35. The van der Waals surface area contributed by atoms with Gasteiger partial charge in [0.1, 0.15) is 0 Å². The van der Waals surface area contributed by atoms with Crippen LogP contribution in [0.2, 0.25) is 0 Å². The fourth-order valence-electron chi connectivity index (χ4n) is 1.35. The third kappa shape index (κ3) is 3.87. The summed E-state index contributed by atoms with van der Waals surface area (Å²) in [6.07, 6.45) is 0. The molecule has 0 amide bonds. The molecule has 0 saturated heterocycles. The predicted octanol–water partition coefficient (Wildman–Crippen LogP) is 3.76. The summed E-state index contributed by atoms with van der Waals surface area (Å²) in [5.41, 5.74) is 1.84. The summed E-state index contributed by atoms with van der Waals surface area (Å²) in [4.78, 5) is 0. The minimum atomic E-state index is 0.168. The number of rotatable bonds is 5. The van der Waals surface area contributed by atoms with E-state index in [1.165, 1.54) is 0 Å². The van der Waals surface area contributed by atoms with Crippen molar-refractivity contribution in [1.82, 2.24) is 0 Å². The zero-order chi connectivity index (χ0) is 12.9. The van der Waals surface area contributed by atoms with Crippen molar-refractivity contribution < 1.29 is 4.74 Å². The van der Waals surface area contributed by atoms with Crippen LogP contribution in [0, 0.1) is 22.7 Å². The van der Waals surface area contributed by atoms with Crippen molar-refractivity contribution in [3.8, 4) is 6.07 Å². The summed E-state index contributed by atoms with van der Waals surface area (Å²) in [5, 5.41) is 8.96. The molecular formula is C15H21NO. The Morgan fingerprint density at radius 2 is 1.94 bits per heavy atom. The molecule has 1 aromatic carbocycles. The maximum Gasteiger partial charge on any atom is 0.0995 e. The molecule has 0 spiro atoms. The Balaban J connectivity index is 2.55. The van der Waals surface area contributed by atoms with Gasteiger partial charge in [0.25, 0.3) is 0 Å². The zero-order valence-corrected chi connectivity index (χ0v) is 11.2. The summed E-state index contributed by atoms with van der Waals surface area (Å²) in [6, 6.07) is 9.77. The smallest absolute Gasteiger partial charge is 0.0995 e. The first-order valence-electron chi connectivity index (χ1n) is 6.03. The topological polar surface area (TPSA) is 33.0 Å². The number of nitrogens with zero attached hydrogens (tertiary/aromatic N) is 1. The van der Waals surface area contributed by atoms with E-state index in [4.69, 9.17) is 10.00 Å². The zero-order valence-electron chi connectivity index (χ0n) is 11.2. The molecular weight excluding hydrogens is 210 g/mol. The molecule has 0 unspecified atom stereocenters. The van der Waals surface area contributed by atoms with Crippen LogP contribution in [0.5, 0.6) is 0 Å². The van der Waals surface area contributed by atoms with Gasteiger partial charge in [-0.1, -0.05) is 45.9 Å². The Bertz CT molecular complexity index is 402. The van der Waals surface area contributed by atoms with Crippen LogP contribution in [0.25, 0.3) is 0 Å². The van der Waals surface area contributed by atoms with Crippen molar-refractivity contribution >= 4 is 0 Å². The van der Waals surface area contributed by atoms with Gasteiger partial charge in [0.2, 0.25) is 0 Å². The molecule has 0 atom stereocenters. The second-order valence-electron chi connectivity index (χ2n) is 5.41. The average Bonchev–Trinajstić information content (AvgIpc) is 2.29. The molecule has 2 heteroatoms. The highest BCUT2D eigenvalue weighted by Crippen LogP contribution is 2.26. The van der Waals surface area contributed by atoms with E-state index in [0.717, 1.165) is 5.56 Å². The van der Waals surface area contributed by atoms with E-state index in [2.05, 4.69) is 33.8 Å². The third-order valence-corrected chi connectivity index (χ3v) is 3.43. The molecule has 92 valence electrons. The van der Waals surface area contributed by atoms with E-state index < -0.39 is 0 Å². The molecule has 0 fully saturated rings. The Labute approximate surface area is 104 Å². The Kier molecular flexibility index (Phi) is 4.72. The van der Waals surface area contributed by atoms with Gasteiger partial charge in [0.05, 0.1) is 24.8 Å². The van der Waals surface area contributed by atoms with E-state index in [-0.39, 0.29) is 5.41 Å². The van der Waals surface area contributed by atoms with Crippen LogP contribution in [0.1, 0.15) is 38.8 Å². The molecule has 1 aromatic rings. The van der Waals surface area contributed by atoms with Crippen molar-refractivity contribution in [2.75, 3.05) is 6.61 Å². The van der Waals surface area contributed by atoms with Gasteiger partial charge in [-0.15, -0.1) is 0 Å². The lowest BCUT2D eigenvalue weighted by Crippen LogP contribution is -2.25. The van der Waals surface area contributed by atoms with E-state index in [0.29, 0.717) is 24.7 Å². The van der Waals surface area contributed by atoms with Crippen LogP contribution in [-0.2, 0) is 11.3 Å². The Morgan fingerprint density at radius 3 is 2.53 bits per heavy atom. The molecule has 0 saturated carbocycles. The van der Waals surface area contributed by atoms with E-state index in [1.54, 1.807) is 0 Å². The summed E-state index contributed by atoms with van der Waals surface area (Å²) >= 11 is 0. The Hall–Kier alpha value is -1.33. The van der Waals surface area contributed by atoms with Gasteiger partial charge < -0.3 is 4.74 Å². The van der Waals surface area contributed by atoms with Gasteiger partial charge in [-0.3, -0.25) is 0 Å². The van der Waals surface area contributed by atoms with Crippen molar-refractivity contribution in [3.05, 3.63) is 35.4 Å². The van der Waals surface area contributed by atoms with Gasteiger partial charge >= 0.3 is 0 Å². The van der Waals surface area contributed by atoms with Crippen LogP contribution < -0.4 is 0 Å². The SMILES string of the molecule is CC(C)C(C)(C)COCc1ccccc1C#N. The lowest BCUT2D eigenvalue weighted by Gasteiger charge is -2.28. The van der Waals surface area contributed by atoms with Crippen LogP contribution in [0.3, 0.4) is 0 Å². The molecule has 0 aliphatic heterocycles. The monoisotopic (exact) mass is 231 g/mol. The third-order valence-electron chi connectivity index (χ3n) is 3.43. The van der Waals surface area contributed by atoms with Gasteiger partial charge in [-0.25, -0.2) is 0 Å². The molecule has 0 aliphatic carbocycles. The van der Waals surface area contributed by atoms with Gasteiger partial charge in [-0.2, -0.15) is 5.26 Å². The summed E-state index contributed by atoms with van der Waals surface area (Å²) in [7, 11) is 0. The molecule has 1 rings (SSSR count). The summed E-state index contributed by atoms with van der Waals surface area (Å²) < 4.78 is 5.74. The van der Waals surface area contributed by atoms with Crippen molar-refractivity contribution in [2.45, 2.75) is 34.3 Å². The lowest BCUT2D eigenvalue weighted by atomic mass is 9.82. The molecule has 0 bridgehead atoms. The number of nitriles is 1. The van der Waals surface area contributed by atoms with Gasteiger partial charge in [-0.05, 0) is 23.0 Å². The van der Waals surface area contributed by atoms with Crippen molar-refractivity contribution in [3.63, 3.8) is 0 Å². The number of benzene rings is 1. The molecule has 2 nitrogen and oxygen atoms in total.